The first kappa shape index (κ1) is 22.0. The second-order valence-corrected chi connectivity index (χ2v) is 5.99. The number of hydrogen-bond donors (Lipinski definition) is 0. The van der Waals surface area contributed by atoms with Crippen LogP contribution >= 0.6 is 0 Å². The van der Waals surface area contributed by atoms with Crippen LogP contribution in [0.15, 0.2) is 70.5 Å². The van der Waals surface area contributed by atoms with E-state index in [2.05, 4.69) is 4.85 Å². The minimum atomic E-state index is 0. The molecule has 2 aromatic carbocycles. The first-order valence-corrected chi connectivity index (χ1v) is 8.34. The Morgan fingerprint density at radius 3 is 1.35 bits per heavy atom. The molecule has 1 nitrogen and oxygen atoms in total. The van der Waals surface area contributed by atoms with Gasteiger partial charge in [-0.25, -0.2) is 6.57 Å². The van der Waals surface area contributed by atoms with E-state index in [4.69, 9.17) is 31.8 Å². The Morgan fingerprint density at radius 2 is 1.13 bits per heavy atom. The van der Waals surface area contributed by atoms with Gasteiger partial charge >= 0.3 is 20.4 Å². The Kier molecular flexibility index (Phi) is 14.0. The third kappa shape index (κ3) is 12.2. The van der Waals surface area contributed by atoms with Gasteiger partial charge in [0.25, 0.3) is 0 Å². The topological polar surface area (TPSA) is 4.36 Å². The summed E-state index contributed by atoms with van der Waals surface area (Å²) in [5.41, 5.74) is 0. The number of rotatable bonds is 0. The molecule has 0 aromatic heterocycles. The minimum absolute atomic E-state index is 0. The van der Waals surface area contributed by atoms with E-state index in [-0.39, 0.29) is 20.4 Å². The fourth-order valence-electron chi connectivity index (χ4n) is 2.05. The van der Waals surface area contributed by atoms with Crippen molar-refractivity contribution < 1.29 is 20.4 Å². The molecule has 3 rings (SSSR count). The molecule has 0 N–H and O–H groups in total. The zero-order valence-corrected chi connectivity index (χ0v) is 16.2. The normalized spacial score (nSPS) is 13.0. The van der Waals surface area contributed by atoms with Crippen LogP contribution in [0.5, 0.6) is 0 Å². The summed E-state index contributed by atoms with van der Waals surface area (Å²) < 4.78 is 0. The van der Waals surface area contributed by atoms with E-state index in [0.717, 1.165) is 22.6 Å². The third-order valence-electron chi connectivity index (χ3n) is 3.24. The van der Waals surface area contributed by atoms with E-state index < -0.39 is 0 Å². The molecule has 23 heavy (non-hydrogen) atoms. The summed E-state index contributed by atoms with van der Waals surface area (Å²) in [5.74, 6) is 0. The minimum Gasteiger partial charge on any atom is -0.780 e. The van der Waals surface area contributed by atoms with E-state index in [9.17, 15) is 0 Å². The van der Waals surface area contributed by atoms with Crippen molar-refractivity contribution in [2.24, 2.45) is 0 Å². The predicted molar refractivity (Wildman–Crippen MR) is 97.6 cm³/mol. The molecular formula is C19H21NPdS2. The van der Waals surface area contributed by atoms with E-state index in [1.54, 1.807) is 0 Å². The Bertz CT molecular complexity index is 497. The summed E-state index contributed by atoms with van der Waals surface area (Å²) >= 11 is 9.62. The number of hydrogen-bond acceptors (Lipinski definition) is 2. The van der Waals surface area contributed by atoms with Crippen molar-refractivity contribution in [2.45, 2.75) is 47.9 Å². The van der Waals surface area contributed by atoms with Crippen LogP contribution in [0, 0.1) is 6.57 Å². The molecule has 0 saturated heterocycles. The quantitative estimate of drug-likeness (QED) is 0.310. The molecule has 0 aliphatic heterocycles. The van der Waals surface area contributed by atoms with Gasteiger partial charge in [0, 0.05) is 12.8 Å². The summed E-state index contributed by atoms with van der Waals surface area (Å²) in [6.45, 7) is 6.72. The molecule has 0 heterocycles. The maximum Gasteiger partial charge on any atom is 2.00 e. The van der Waals surface area contributed by atoms with Crippen molar-refractivity contribution >= 4 is 25.3 Å². The van der Waals surface area contributed by atoms with E-state index in [0.29, 0.717) is 6.04 Å². The van der Waals surface area contributed by atoms with Crippen molar-refractivity contribution in [1.82, 2.24) is 0 Å². The average molecular weight is 434 g/mol. The van der Waals surface area contributed by atoms with Gasteiger partial charge in [0.15, 0.2) is 0 Å². The van der Waals surface area contributed by atoms with Crippen LogP contribution in [0.4, 0.5) is 0 Å². The van der Waals surface area contributed by atoms with E-state index in [1.165, 1.54) is 19.3 Å². The van der Waals surface area contributed by atoms with Crippen LogP contribution in [0.1, 0.15) is 32.1 Å². The summed E-state index contributed by atoms with van der Waals surface area (Å²) in [4.78, 5) is 5.31. The molecule has 0 unspecified atom stereocenters. The molecule has 0 amide bonds. The third-order valence-corrected chi connectivity index (χ3v) is 3.79. The van der Waals surface area contributed by atoms with Crippen molar-refractivity contribution in [1.29, 1.82) is 0 Å². The molecule has 1 aliphatic rings. The largest absolute Gasteiger partial charge is 2.00 e. The molecule has 4 heteroatoms. The fourth-order valence-corrected chi connectivity index (χ4v) is 2.37. The van der Waals surface area contributed by atoms with Crippen molar-refractivity contribution in [3.05, 3.63) is 72.1 Å². The van der Waals surface area contributed by atoms with Gasteiger partial charge in [-0.05, 0) is 12.8 Å². The van der Waals surface area contributed by atoms with Crippen LogP contribution in [-0.2, 0) is 45.7 Å². The number of benzene rings is 2. The summed E-state index contributed by atoms with van der Waals surface area (Å²) in [6, 6.07) is 19.6. The molecule has 0 bridgehead atoms. The first-order valence-electron chi connectivity index (χ1n) is 7.53. The van der Waals surface area contributed by atoms with Gasteiger partial charge in [0.05, 0.1) is 0 Å². The van der Waals surface area contributed by atoms with Crippen LogP contribution < -0.4 is 0 Å². The fraction of sp³-hybridized carbons (Fsp3) is 0.316. The SMILES string of the molecule is [C-]#[N+]C1CCCCC1.[Pd+2].[S-]c1ccccc1.[S-]c1ccccc1. The zero-order chi connectivity index (χ0) is 16.0. The van der Waals surface area contributed by atoms with Crippen LogP contribution in [0.2, 0.25) is 0 Å². The Labute approximate surface area is 165 Å². The molecule has 0 atom stereocenters. The van der Waals surface area contributed by atoms with Crippen LogP contribution in [0.3, 0.4) is 0 Å². The molecule has 2 aromatic rings. The van der Waals surface area contributed by atoms with E-state index >= 15 is 0 Å². The van der Waals surface area contributed by atoms with Gasteiger partial charge in [-0.2, -0.15) is 9.79 Å². The standard InChI is InChI=1S/C7H11N.2C6H6S.Pd/c1-8-7-5-3-2-4-6-7;2*7-6-4-2-1-3-5-6;/h7H,2-6H2;2*1-5,7H;/q;;;+2/p-2. The van der Waals surface area contributed by atoms with Gasteiger partial charge in [-0.15, -0.1) is 0 Å². The van der Waals surface area contributed by atoms with Gasteiger partial charge in [-0.3, -0.25) is 0 Å². The van der Waals surface area contributed by atoms with Crippen molar-refractivity contribution in [2.75, 3.05) is 0 Å². The first-order chi connectivity index (χ1) is 10.7. The maximum absolute atomic E-state index is 6.72. The molecular weight excluding hydrogens is 413 g/mol. The van der Waals surface area contributed by atoms with Crippen molar-refractivity contribution in [3.8, 4) is 0 Å². The van der Waals surface area contributed by atoms with Crippen LogP contribution in [-0.4, -0.2) is 6.04 Å². The summed E-state index contributed by atoms with van der Waals surface area (Å²) in [5, 5.41) is 0. The van der Waals surface area contributed by atoms with Gasteiger partial charge < -0.3 is 30.1 Å². The summed E-state index contributed by atoms with van der Waals surface area (Å²) in [6.07, 6.45) is 6.24. The second kappa shape index (κ2) is 14.6. The van der Waals surface area contributed by atoms with Gasteiger partial charge in [0.2, 0.25) is 6.04 Å². The summed E-state index contributed by atoms with van der Waals surface area (Å²) in [7, 11) is 0. The van der Waals surface area contributed by atoms with Crippen LogP contribution in [0.25, 0.3) is 4.85 Å². The van der Waals surface area contributed by atoms with Gasteiger partial charge in [0.1, 0.15) is 0 Å². The predicted octanol–water partition coefficient (Wildman–Crippen LogP) is 5.42. The monoisotopic (exact) mass is 433 g/mol. The zero-order valence-electron chi connectivity index (χ0n) is 13.0. The second-order valence-electron chi connectivity index (χ2n) is 5.05. The maximum atomic E-state index is 6.72. The Balaban J connectivity index is 0.000000310. The molecule has 1 aliphatic carbocycles. The molecule has 1 saturated carbocycles. The van der Waals surface area contributed by atoms with E-state index in [1.807, 2.05) is 60.7 Å². The Hall–Kier alpha value is -0.968. The molecule has 1 fully saturated rings. The average Bonchev–Trinajstić information content (AvgIpc) is 2.58. The molecule has 124 valence electrons. The van der Waals surface area contributed by atoms with Gasteiger partial charge in [-0.1, -0.05) is 67.1 Å². The molecule has 0 spiro atoms. The van der Waals surface area contributed by atoms with Crippen molar-refractivity contribution in [3.63, 3.8) is 0 Å². The Morgan fingerprint density at radius 1 is 0.739 bits per heavy atom. The molecule has 0 radical (unpaired) electrons. The number of nitrogens with zero attached hydrogens (tertiary/aromatic N) is 1. The smallest absolute Gasteiger partial charge is 0.780 e.